The zero-order valence-corrected chi connectivity index (χ0v) is 10.3. The van der Waals surface area contributed by atoms with Crippen LogP contribution in [0.2, 0.25) is 0 Å². The molecule has 0 bridgehead atoms. The molecular formula is C11H24N2O3. The number of nitrogens with zero attached hydrogens (tertiary/aromatic N) is 1. The van der Waals surface area contributed by atoms with Gasteiger partial charge in [-0.15, -0.1) is 0 Å². The van der Waals surface area contributed by atoms with Gasteiger partial charge >= 0.3 is 0 Å². The number of nitrogens with two attached hydrogens (primary N) is 1. The lowest BCUT2D eigenvalue weighted by atomic mass is 10.1. The maximum atomic E-state index is 11.8. The lowest BCUT2D eigenvalue weighted by molar-refractivity contribution is -0.132. The molecule has 0 heterocycles. The molecule has 0 aliphatic heterocycles. The fourth-order valence-corrected chi connectivity index (χ4v) is 1.33. The van der Waals surface area contributed by atoms with Crippen LogP contribution in [0.3, 0.4) is 0 Å². The third-order valence-electron chi connectivity index (χ3n) is 2.54. The van der Waals surface area contributed by atoms with Crippen LogP contribution < -0.4 is 5.73 Å². The first kappa shape index (κ1) is 15.3. The molecule has 0 aromatic carbocycles. The molecule has 3 N–H and O–H groups in total. The Kier molecular flexibility index (Phi) is 9.18. The molecular weight excluding hydrogens is 208 g/mol. The summed E-state index contributed by atoms with van der Waals surface area (Å²) >= 11 is 0. The molecule has 0 rings (SSSR count). The molecule has 0 fully saturated rings. The molecule has 1 amide bonds. The number of ether oxygens (including phenoxy) is 1. The lowest BCUT2D eigenvalue weighted by Gasteiger charge is -2.22. The van der Waals surface area contributed by atoms with Crippen molar-refractivity contribution in [2.24, 2.45) is 11.7 Å². The smallest absolute Gasteiger partial charge is 0.222 e. The number of hydrogen-bond donors (Lipinski definition) is 2. The Morgan fingerprint density at radius 1 is 1.50 bits per heavy atom. The summed E-state index contributed by atoms with van der Waals surface area (Å²) in [6.07, 6.45) is 1.28. The van der Waals surface area contributed by atoms with Crippen LogP contribution in [0.4, 0.5) is 0 Å². The van der Waals surface area contributed by atoms with Gasteiger partial charge in [0.2, 0.25) is 5.91 Å². The van der Waals surface area contributed by atoms with E-state index in [4.69, 9.17) is 15.6 Å². The van der Waals surface area contributed by atoms with Crippen LogP contribution in [0.1, 0.15) is 19.8 Å². The summed E-state index contributed by atoms with van der Waals surface area (Å²) in [7, 11) is 1.60. The summed E-state index contributed by atoms with van der Waals surface area (Å²) < 4.78 is 4.92. The predicted octanol–water partition coefficient (Wildman–Crippen LogP) is -0.171. The molecule has 0 saturated carbocycles. The normalized spacial score (nSPS) is 12.5. The van der Waals surface area contributed by atoms with E-state index in [0.29, 0.717) is 38.6 Å². The first-order valence-corrected chi connectivity index (χ1v) is 5.73. The maximum absolute atomic E-state index is 11.8. The van der Waals surface area contributed by atoms with Gasteiger partial charge in [0.05, 0.1) is 13.2 Å². The zero-order chi connectivity index (χ0) is 12.4. The van der Waals surface area contributed by atoms with Crippen LogP contribution in [-0.4, -0.2) is 55.9 Å². The largest absolute Gasteiger partial charge is 0.395 e. The van der Waals surface area contributed by atoms with E-state index in [9.17, 15) is 4.79 Å². The number of carbonyl (C=O) groups is 1. The number of carbonyl (C=O) groups excluding carboxylic acids is 1. The number of hydrogen-bond acceptors (Lipinski definition) is 4. The number of aliphatic hydroxyl groups is 1. The van der Waals surface area contributed by atoms with E-state index in [0.717, 1.165) is 6.42 Å². The van der Waals surface area contributed by atoms with E-state index in [2.05, 4.69) is 0 Å². The molecule has 0 aromatic rings. The van der Waals surface area contributed by atoms with Crippen LogP contribution in [0.5, 0.6) is 0 Å². The number of aliphatic hydroxyl groups excluding tert-OH is 1. The quantitative estimate of drug-likeness (QED) is 0.578. The van der Waals surface area contributed by atoms with Gasteiger partial charge in [-0.3, -0.25) is 4.79 Å². The molecule has 0 aliphatic carbocycles. The average Bonchev–Trinajstić information content (AvgIpc) is 2.30. The van der Waals surface area contributed by atoms with Crippen molar-refractivity contribution < 1.29 is 14.6 Å². The van der Waals surface area contributed by atoms with E-state index in [1.165, 1.54) is 0 Å². The minimum Gasteiger partial charge on any atom is -0.395 e. The minimum absolute atomic E-state index is 0.0120. The van der Waals surface area contributed by atoms with Crippen molar-refractivity contribution in [1.82, 2.24) is 4.90 Å². The second-order valence-electron chi connectivity index (χ2n) is 3.98. The molecule has 5 heteroatoms. The molecule has 1 unspecified atom stereocenters. The van der Waals surface area contributed by atoms with Gasteiger partial charge in [-0.25, -0.2) is 0 Å². The Hall–Kier alpha value is -0.650. The van der Waals surface area contributed by atoms with Gasteiger partial charge in [-0.05, 0) is 18.9 Å². The zero-order valence-electron chi connectivity index (χ0n) is 10.3. The van der Waals surface area contributed by atoms with Gasteiger partial charge in [0.15, 0.2) is 0 Å². The van der Waals surface area contributed by atoms with Crippen LogP contribution in [-0.2, 0) is 9.53 Å². The highest BCUT2D eigenvalue weighted by Crippen LogP contribution is 2.06. The summed E-state index contributed by atoms with van der Waals surface area (Å²) in [4.78, 5) is 13.4. The first-order chi connectivity index (χ1) is 7.65. The van der Waals surface area contributed by atoms with Gasteiger partial charge in [-0.1, -0.05) is 6.92 Å². The predicted molar refractivity (Wildman–Crippen MR) is 63.0 cm³/mol. The highest BCUT2D eigenvalue weighted by molar-refractivity contribution is 5.76. The summed E-state index contributed by atoms with van der Waals surface area (Å²) in [5.41, 5.74) is 5.49. The second kappa shape index (κ2) is 9.57. The van der Waals surface area contributed by atoms with Crippen molar-refractivity contribution in [3.8, 4) is 0 Å². The SMILES string of the molecule is COCCN(CCO)C(=O)CCC(C)CN. The summed E-state index contributed by atoms with van der Waals surface area (Å²) in [6, 6.07) is 0. The van der Waals surface area contributed by atoms with E-state index in [-0.39, 0.29) is 12.5 Å². The number of methoxy groups -OCH3 is 1. The van der Waals surface area contributed by atoms with Gasteiger partial charge in [0, 0.05) is 26.6 Å². The van der Waals surface area contributed by atoms with Crippen LogP contribution >= 0.6 is 0 Å². The van der Waals surface area contributed by atoms with Crippen molar-refractivity contribution in [2.45, 2.75) is 19.8 Å². The van der Waals surface area contributed by atoms with Gasteiger partial charge in [0.1, 0.15) is 0 Å². The molecule has 0 aliphatic rings. The fraction of sp³-hybridized carbons (Fsp3) is 0.909. The van der Waals surface area contributed by atoms with E-state index in [1.807, 2.05) is 6.92 Å². The topological polar surface area (TPSA) is 75.8 Å². The van der Waals surface area contributed by atoms with Crippen molar-refractivity contribution in [1.29, 1.82) is 0 Å². The average molecular weight is 232 g/mol. The highest BCUT2D eigenvalue weighted by Gasteiger charge is 2.13. The molecule has 96 valence electrons. The van der Waals surface area contributed by atoms with Crippen LogP contribution in [0, 0.1) is 5.92 Å². The molecule has 16 heavy (non-hydrogen) atoms. The Morgan fingerprint density at radius 2 is 2.19 bits per heavy atom. The van der Waals surface area contributed by atoms with Crippen LogP contribution in [0.15, 0.2) is 0 Å². The molecule has 0 saturated heterocycles. The van der Waals surface area contributed by atoms with Gasteiger partial charge < -0.3 is 20.5 Å². The maximum Gasteiger partial charge on any atom is 0.222 e. The van der Waals surface area contributed by atoms with Crippen molar-refractivity contribution >= 4 is 5.91 Å². The Morgan fingerprint density at radius 3 is 2.69 bits per heavy atom. The highest BCUT2D eigenvalue weighted by atomic mass is 16.5. The second-order valence-corrected chi connectivity index (χ2v) is 3.98. The van der Waals surface area contributed by atoms with Crippen molar-refractivity contribution in [2.75, 3.05) is 40.0 Å². The van der Waals surface area contributed by atoms with E-state index >= 15 is 0 Å². The van der Waals surface area contributed by atoms with Gasteiger partial charge in [-0.2, -0.15) is 0 Å². The third-order valence-corrected chi connectivity index (χ3v) is 2.54. The first-order valence-electron chi connectivity index (χ1n) is 5.73. The Balaban J connectivity index is 3.95. The molecule has 5 nitrogen and oxygen atoms in total. The Labute approximate surface area is 97.6 Å². The lowest BCUT2D eigenvalue weighted by Crippen LogP contribution is -2.36. The summed E-state index contributed by atoms with van der Waals surface area (Å²) in [5.74, 6) is 0.425. The van der Waals surface area contributed by atoms with E-state index in [1.54, 1.807) is 12.0 Å². The van der Waals surface area contributed by atoms with E-state index < -0.39 is 0 Å². The fourth-order valence-electron chi connectivity index (χ4n) is 1.33. The summed E-state index contributed by atoms with van der Waals surface area (Å²) in [6.45, 7) is 4.02. The number of rotatable bonds is 9. The molecule has 0 spiro atoms. The Bertz CT molecular complexity index is 188. The van der Waals surface area contributed by atoms with Crippen molar-refractivity contribution in [3.05, 3.63) is 0 Å². The third kappa shape index (κ3) is 6.76. The molecule has 0 radical (unpaired) electrons. The molecule has 1 atom stereocenters. The standard InChI is InChI=1S/C11H24N2O3/c1-10(9-12)3-4-11(15)13(5-7-14)6-8-16-2/h10,14H,3-9,12H2,1-2H3. The summed E-state index contributed by atoms with van der Waals surface area (Å²) in [5, 5.41) is 8.85. The monoisotopic (exact) mass is 232 g/mol. The molecule has 0 aromatic heterocycles. The number of amides is 1. The van der Waals surface area contributed by atoms with Crippen molar-refractivity contribution in [3.63, 3.8) is 0 Å². The van der Waals surface area contributed by atoms with Crippen LogP contribution in [0.25, 0.3) is 0 Å². The van der Waals surface area contributed by atoms with Gasteiger partial charge in [0.25, 0.3) is 0 Å². The minimum atomic E-state index is -0.0120.